The predicted molar refractivity (Wildman–Crippen MR) is 83.8 cm³/mol. The van der Waals surface area contributed by atoms with Gasteiger partial charge in [-0.1, -0.05) is 19.1 Å². The summed E-state index contributed by atoms with van der Waals surface area (Å²) in [5, 5.41) is 8.17. The summed E-state index contributed by atoms with van der Waals surface area (Å²) in [6.45, 7) is 8.09. The van der Waals surface area contributed by atoms with E-state index in [1.54, 1.807) is 0 Å². The Morgan fingerprint density at radius 1 is 1.38 bits per heavy atom. The molecule has 1 unspecified atom stereocenters. The first-order valence-electron chi connectivity index (χ1n) is 7.61. The quantitative estimate of drug-likeness (QED) is 0.938. The average Bonchev–Trinajstić information content (AvgIpc) is 3.02. The van der Waals surface area contributed by atoms with Gasteiger partial charge in [0.1, 0.15) is 5.75 Å². The van der Waals surface area contributed by atoms with E-state index in [1.165, 1.54) is 22.4 Å². The van der Waals surface area contributed by atoms with E-state index < -0.39 is 0 Å². The number of aromatic nitrogens is 2. The number of nitrogens with one attached hydrogen (secondary N) is 1. The second-order valence-electron chi connectivity index (χ2n) is 5.66. The first-order chi connectivity index (χ1) is 10.1. The van der Waals surface area contributed by atoms with E-state index in [1.807, 2.05) is 11.7 Å². The Labute approximate surface area is 126 Å². The Kier molecular flexibility index (Phi) is 3.72. The van der Waals surface area contributed by atoms with Crippen molar-refractivity contribution in [3.63, 3.8) is 0 Å². The van der Waals surface area contributed by atoms with Crippen LogP contribution in [-0.4, -0.2) is 22.9 Å². The highest BCUT2D eigenvalue weighted by molar-refractivity contribution is 5.44. The lowest BCUT2D eigenvalue weighted by atomic mass is 9.95. The molecular formula is C17H23N3O. The van der Waals surface area contributed by atoms with Crippen LogP contribution in [0, 0.1) is 13.8 Å². The van der Waals surface area contributed by atoms with Crippen LogP contribution in [0.3, 0.4) is 0 Å². The molecule has 0 aliphatic carbocycles. The minimum atomic E-state index is 0.189. The summed E-state index contributed by atoms with van der Waals surface area (Å²) < 4.78 is 7.58. The van der Waals surface area contributed by atoms with Crippen LogP contribution in [0.1, 0.15) is 41.0 Å². The summed E-state index contributed by atoms with van der Waals surface area (Å²) in [6.07, 6.45) is 1.01. The van der Waals surface area contributed by atoms with Crippen molar-refractivity contribution in [3.8, 4) is 5.75 Å². The van der Waals surface area contributed by atoms with Crippen LogP contribution < -0.4 is 10.1 Å². The number of hydrogen-bond acceptors (Lipinski definition) is 3. The Balaban J connectivity index is 2.05. The molecule has 1 aliphatic rings. The number of aryl methyl sites for hydroxylation is 2. The molecule has 21 heavy (non-hydrogen) atoms. The van der Waals surface area contributed by atoms with Crippen molar-refractivity contribution in [2.45, 2.75) is 33.2 Å². The molecule has 4 heteroatoms. The standard InChI is InChI=1S/C17H23N3O/c1-5-18-17(16-11(2)19-20(4)12(16)3)14-6-7-15-13(10-14)8-9-21-15/h6-7,10,17-18H,5,8-9H2,1-4H3. The maximum atomic E-state index is 5.61. The van der Waals surface area contributed by atoms with Crippen molar-refractivity contribution in [2.75, 3.05) is 13.2 Å². The summed E-state index contributed by atoms with van der Waals surface area (Å²) in [7, 11) is 2.01. The molecule has 2 heterocycles. The zero-order valence-corrected chi connectivity index (χ0v) is 13.2. The Morgan fingerprint density at radius 2 is 2.19 bits per heavy atom. The number of nitrogens with zero attached hydrogens (tertiary/aromatic N) is 2. The van der Waals surface area contributed by atoms with E-state index in [4.69, 9.17) is 4.74 Å². The Hall–Kier alpha value is -1.81. The van der Waals surface area contributed by atoms with Crippen LogP contribution in [0.15, 0.2) is 18.2 Å². The molecule has 0 fully saturated rings. The van der Waals surface area contributed by atoms with Crippen LogP contribution in [-0.2, 0) is 13.5 Å². The second-order valence-corrected chi connectivity index (χ2v) is 5.66. The summed E-state index contributed by atoms with van der Waals surface area (Å²) in [5.41, 5.74) is 6.21. The zero-order chi connectivity index (χ0) is 15.0. The second kappa shape index (κ2) is 5.53. The fourth-order valence-corrected chi connectivity index (χ4v) is 3.18. The van der Waals surface area contributed by atoms with Gasteiger partial charge in [-0.25, -0.2) is 0 Å². The third-order valence-electron chi connectivity index (χ3n) is 4.31. The van der Waals surface area contributed by atoms with E-state index in [2.05, 4.69) is 49.4 Å². The monoisotopic (exact) mass is 285 g/mol. The molecule has 0 saturated carbocycles. The topological polar surface area (TPSA) is 39.1 Å². The highest BCUT2D eigenvalue weighted by atomic mass is 16.5. The maximum absolute atomic E-state index is 5.61. The molecule has 1 aromatic heterocycles. The van der Waals surface area contributed by atoms with Crippen molar-refractivity contribution < 1.29 is 4.74 Å². The first kappa shape index (κ1) is 14.1. The summed E-state index contributed by atoms with van der Waals surface area (Å²) >= 11 is 0. The van der Waals surface area contributed by atoms with Crippen LogP contribution in [0.5, 0.6) is 5.75 Å². The van der Waals surface area contributed by atoms with Crippen molar-refractivity contribution >= 4 is 0 Å². The van der Waals surface area contributed by atoms with Crippen molar-refractivity contribution in [1.29, 1.82) is 0 Å². The largest absolute Gasteiger partial charge is 0.493 e. The molecule has 0 spiro atoms. The van der Waals surface area contributed by atoms with Gasteiger partial charge in [-0.05, 0) is 37.6 Å². The molecule has 112 valence electrons. The number of fused-ring (bicyclic) bond motifs is 1. The molecule has 3 rings (SSSR count). The van der Waals surface area contributed by atoms with Crippen LogP contribution in [0.2, 0.25) is 0 Å². The van der Waals surface area contributed by atoms with E-state index in [-0.39, 0.29) is 6.04 Å². The lowest BCUT2D eigenvalue weighted by molar-refractivity contribution is 0.357. The van der Waals surface area contributed by atoms with E-state index in [0.717, 1.165) is 31.0 Å². The van der Waals surface area contributed by atoms with Gasteiger partial charge in [0.15, 0.2) is 0 Å². The van der Waals surface area contributed by atoms with Gasteiger partial charge in [-0.2, -0.15) is 5.10 Å². The molecule has 0 bridgehead atoms. The van der Waals surface area contributed by atoms with Gasteiger partial charge < -0.3 is 10.1 Å². The van der Waals surface area contributed by atoms with Gasteiger partial charge in [-0.3, -0.25) is 4.68 Å². The summed E-state index contributed by atoms with van der Waals surface area (Å²) in [5.74, 6) is 1.04. The molecule has 0 amide bonds. The molecule has 1 aliphatic heterocycles. The average molecular weight is 285 g/mol. The molecule has 4 nitrogen and oxygen atoms in total. The molecule has 0 saturated heterocycles. The number of hydrogen-bond donors (Lipinski definition) is 1. The lowest BCUT2D eigenvalue weighted by Gasteiger charge is -2.20. The van der Waals surface area contributed by atoms with Crippen LogP contribution >= 0.6 is 0 Å². The summed E-state index contributed by atoms with van der Waals surface area (Å²) in [4.78, 5) is 0. The van der Waals surface area contributed by atoms with E-state index >= 15 is 0 Å². The van der Waals surface area contributed by atoms with Gasteiger partial charge in [0.25, 0.3) is 0 Å². The highest BCUT2D eigenvalue weighted by Gasteiger charge is 2.23. The third-order valence-corrected chi connectivity index (χ3v) is 4.31. The normalized spacial score (nSPS) is 14.9. The molecule has 1 aromatic carbocycles. The molecule has 0 radical (unpaired) electrons. The number of ether oxygens (including phenoxy) is 1. The van der Waals surface area contributed by atoms with Crippen LogP contribution in [0.4, 0.5) is 0 Å². The number of benzene rings is 1. The van der Waals surface area contributed by atoms with Crippen molar-refractivity contribution in [3.05, 3.63) is 46.3 Å². The van der Waals surface area contributed by atoms with E-state index in [0.29, 0.717) is 0 Å². The smallest absolute Gasteiger partial charge is 0.122 e. The maximum Gasteiger partial charge on any atom is 0.122 e. The van der Waals surface area contributed by atoms with Crippen molar-refractivity contribution in [2.24, 2.45) is 7.05 Å². The summed E-state index contributed by atoms with van der Waals surface area (Å²) in [6, 6.07) is 6.74. The van der Waals surface area contributed by atoms with Gasteiger partial charge in [0.05, 0.1) is 18.3 Å². The Morgan fingerprint density at radius 3 is 2.86 bits per heavy atom. The SMILES string of the molecule is CCNC(c1ccc2c(c1)CCO2)c1c(C)nn(C)c1C. The molecule has 1 N–H and O–H groups in total. The van der Waals surface area contributed by atoms with E-state index in [9.17, 15) is 0 Å². The fourth-order valence-electron chi connectivity index (χ4n) is 3.18. The van der Waals surface area contributed by atoms with Crippen molar-refractivity contribution in [1.82, 2.24) is 15.1 Å². The van der Waals surface area contributed by atoms with Gasteiger partial charge >= 0.3 is 0 Å². The lowest BCUT2D eigenvalue weighted by Crippen LogP contribution is -2.23. The molecule has 1 atom stereocenters. The first-order valence-corrected chi connectivity index (χ1v) is 7.61. The third kappa shape index (κ3) is 2.44. The highest BCUT2D eigenvalue weighted by Crippen LogP contribution is 2.32. The fraction of sp³-hybridized carbons (Fsp3) is 0.471. The Bertz CT molecular complexity index is 660. The van der Waals surface area contributed by atoms with Gasteiger partial charge in [0.2, 0.25) is 0 Å². The van der Waals surface area contributed by atoms with Crippen LogP contribution in [0.25, 0.3) is 0 Å². The minimum Gasteiger partial charge on any atom is -0.493 e. The number of rotatable bonds is 4. The molecular weight excluding hydrogens is 262 g/mol. The van der Waals surface area contributed by atoms with Gasteiger partial charge in [-0.15, -0.1) is 0 Å². The minimum absolute atomic E-state index is 0.189. The van der Waals surface area contributed by atoms with Gasteiger partial charge in [0, 0.05) is 24.7 Å². The predicted octanol–water partition coefficient (Wildman–Crippen LogP) is 2.67. The molecule has 2 aromatic rings. The zero-order valence-electron chi connectivity index (χ0n) is 13.2.